The first-order valence-corrected chi connectivity index (χ1v) is 7.49. The fourth-order valence-corrected chi connectivity index (χ4v) is 2.01. The molecule has 5 heteroatoms. The molecule has 0 amide bonds. The molecule has 21 heavy (non-hydrogen) atoms. The highest BCUT2D eigenvalue weighted by atomic mass is 127. The first kappa shape index (κ1) is 18.1. The highest BCUT2D eigenvalue weighted by Gasteiger charge is 2.21. The summed E-state index contributed by atoms with van der Waals surface area (Å²) in [7, 11) is 1.69. The van der Waals surface area contributed by atoms with Gasteiger partial charge >= 0.3 is 0 Å². The van der Waals surface area contributed by atoms with Crippen LogP contribution in [0, 0.1) is 0 Å². The van der Waals surface area contributed by atoms with Crippen LogP contribution in [0.25, 0.3) is 0 Å². The molecule has 0 heterocycles. The molecule has 2 rings (SSSR count). The van der Waals surface area contributed by atoms with Crippen LogP contribution in [-0.4, -0.2) is 32.2 Å². The van der Waals surface area contributed by atoms with Crippen molar-refractivity contribution < 1.29 is 4.74 Å². The zero-order chi connectivity index (χ0) is 14.2. The molecule has 1 aliphatic carbocycles. The van der Waals surface area contributed by atoms with Crippen molar-refractivity contribution in [3.8, 4) is 5.75 Å². The van der Waals surface area contributed by atoms with Crippen LogP contribution in [0.15, 0.2) is 29.3 Å². The lowest BCUT2D eigenvalue weighted by Gasteiger charge is -2.10. The summed E-state index contributed by atoms with van der Waals surface area (Å²) in [4.78, 5) is 4.61. The average molecular weight is 403 g/mol. The van der Waals surface area contributed by atoms with Crippen LogP contribution in [0.4, 0.5) is 0 Å². The Morgan fingerprint density at radius 1 is 1.29 bits per heavy atom. The van der Waals surface area contributed by atoms with Crippen LogP contribution < -0.4 is 15.4 Å². The van der Waals surface area contributed by atoms with E-state index in [1.165, 1.54) is 18.4 Å². The number of benzene rings is 1. The van der Waals surface area contributed by atoms with Gasteiger partial charge in [-0.2, -0.15) is 0 Å². The number of hydrogen-bond acceptors (Lipinski definition) is 2. The molecule has 0 unspecified atom stereocenters. The Hall–Kier alpha value is -0.980. The summed E-state index contributed by atoms with van der Waals surface area (Å²) in [6.07, 6.45) is 4.66. The lowest BCUT2D eigenvalue weighted by molar-refractivity contribution is 0.414. The van der Waals surface area contributed by atoms with Crippen molar-refractivity contribution in [3.05, 3.63) is 29.8 Å². The SMILES string of the molecule is CCNC(=NCCCc1ccc(OC)cc1)NC1CC1.I. The minimum absolute atomic E-state index is 0. The van der Waals surface area contributed by atoms with E-state index in [-0.39, 0.29) is 24.0 Å². The summed E-state index contributed by atoms with van der Waals surface area (Å²) in [5, 5.41) is 6.72. The third-order valence-electron chi connectivity index (χ3n) is 3.31. The molecular formula is C16H26IN3O. The molecule has 0 saturated heterocycles. The maximum absolute atomic E-state index is 5.16. The van der Waals surface area contributed by atoms with E-state index >= 15 is 0 Å². The number of nitrogens with one attached hydrogen (secondary N) is 2. The topological polar surface area (TPSA) is 45.7 Å². The second-order valence-corrected chi connectivity index (χ2v) is 5.13. The Kier molecular flexibility index (Phi) is 8.49. The smallest absolute Gasteiger partial charge is 0.191 e. The molecular weight excluding hydrogens is 377 g/mol. The maximum atomic E-state index is 5.16. The molecule has 1 aromatic rings. The van der Waals surface area contributed by atoms with E-state index in [9.17, 15) is 0 Å². The van der Waals surface area contributed by atoms with Gasteiger partial charge in [0.2, 0.25) is 0 Å². The van der Waals surface area contributed by atoms with Gasteiger partial charge in [0.25, 0.3) is 0 Å². The van der Waals surface area contributed by atoms with E-state index < -0.39 is 0 Å². The van der Waals surface area contributed by atoms with Crippen molar-refractivity contribution in [1.29, 1.82) is 0 Å². The van der Waals surface area contributed by atoms with E-state index in [1.807, 2.05) is 12.1 Å². The molecule has 0 bridgehead atoms. The van der Waals surface area contributed by atoms with Crippen molar-refractivity contribution in [3.63, 3.8) is 0 Å². The molecule has 0 spiro atoms. The van der Waals surface area contributed by atoms with Crippen molar-refractivity contribution in [2.24, 2.45) is 4.99 Å². The van der Waals surface area contributed by atoms with E-state index in [2.05, 4.69) is 34.7 Å². The number of halogens is 1. The molecule has 0 atom stereocenters. The Morgan fingerprint density at radius 2 is 2.00 bits per heavy atom. The molecule has 4 nitrogen and oxygen atoms in total. The van der Waals surface area contributed by atoms with Crippen LogP contribution in [0.2, 0.25) is 0 Å². The number of methoxy groups -OCH3 is 1. The summed E-state index contributed by atoms with van der Waals surface area (Å²) in [6, 6.07) is 8.91. The van der Waals surface area contributed by atoms with Gasteiger partial charge in [-0.25, -0.2) is 0 Å². The van der Waals surface area contributed by atoms with Crippen LogP contribution in [-0.2, 0) is 6.42 Å². The van der Waals surface area contributed by atoms with Gasteiger partial charge in [0.1, 0.15) is 5.75 Å². The molecule has 0 aliphatic heterocycles. The lowest BCUT2D eigenvalue weighted by atomic mass is 10.1. The lowest BCUT2D eigenvalue weighted by Crippen LogP contribution is -2.38. The predicted molar refractivity (Wildman–Crippen MR) is 98.9 cm³/mol. The Labute approximate surface area is 144 Å². The van der Waals surface area contributed by atoms with Crippen molar-refractivity contribution in [2.45, 2.75) is 38.6 Å². The zero-order valence-electron chi connectivity index (χ0n) is 12.9. The third kappa shape index (κ3) is 7.02. The zero-order valence-corrected chi connectivity index (χ0v) is 15.2. The average Bonchev–Trinajstić information content (AvgIpc) is 3.28. The number of hydrogen-bond donors (Lipinski definition) is 2. The standard InChI is InChI=1S/C16H25N3O.HI/c1-3-17-16(19-14-8-9-14)18-12-4-5-13-6-10-15(20-2)11-7-13;/h6-7,10-11,14H,3-5,8-9,12H2,1-2H3,(H2,17,18,19);1H. The molecule has 0 radical (unpaired) electrons. The van der Waals surface area contributed by atoms with E-state index in [0.29, 0.717) is 6.04 Å². The minimum atomic E-state index is 0. The number of rotatable bonds is 7. The molecule has 1 fully saturated rings. The van der Waals surface area contributed by atoms with E-state index in [4.69, 9.17) is 4.74 Å². The molecule has 1 aromatic carbocycles. The third-order valence-corrected chi connectivity index (χ3v) is 3.31. The van der Waals surface area contributed by atoms with Gasteiger partial charge in [0.15, 0.2) is 5.96 Å². The second-order valence-electron chi connectivity index (χ2n) is 5.13. The minimum Gasteiger partial charge on any atom is -0.497 e. The molecule has 1 saturated carbocycles. The molecule has 2 N–H and O–H groups in total. The van der Waals surface area contributed by atoms with Crippen molar-refractivity contribution >= 4 is 29.9 Å². The monoisotopic (exact) mass is 403 g/mol. The first-order valence-electron chi connectivity index (χ1n) is 7.49. The highest BCUT2D eigenvalue weighted by molar-refractivity contribution is 14.0. The summed E-state index contributed by atoms with van der Waals surface area (Å²) < 4.78 is 5.16. The summed E-state index contributed by atoms with van der Waals surface area (Å²) in [5.41, 5.74) is 1.33. The maximum Gasteiger partial charge on any atom is 0.191 e. The predicted octanol–water partition coefficient (Wildman–Crippen LogP) is 2.96. The van der Waals surface area contributed by atoms with Gasteiger partial charge in [-0.3, -0.25) is 4.99 Å². The van der Waals surface area contributed by atoms with Crippen LogP contribution in [0.3, 0.4) is 0 Å². The van der Waals surface area contributed by atoms with E-state index in [0.717, 1.165) is 37.6 Å². The van der Waals surface area contributed by atoms with Gasteiger partial charge < -0.3 is 15.4 Å². The Morgan fingerprint density at radius 3 is 2.57 bits per heavy atom. The summed E-state index contributed by atoms with van der Waals surface area (Å²) in [5.74, 6) is 1.87. The van der Waals surface area contributed by atoms with Crippen molar-refractivity contribution in [1.82, 2.24) is 10.6 Å². The number of guanidine groups is 1. The largest absolute Gasteiger partial charge is 0.497 e. The van der Waals surface area contributed by atoms with Crippen LogP contribution in [0.1, 0.15) is 31.7 Å². The van der Waals surface area contributed by atoms with Gasteiger partial charge in [-0.1, -0.05) is 12.1 Å². The Balaban J connectivity index is 0.00000220. The number of nitrogens with zero attached hydrogens (tertiary/aromatic N) is 1. The highest BCUT2D eigenvalue weighted by Crippen LogP contribution is 2.18. The number of aryl methyl sites for hydroxylation is 1. The van der Waals surface area contributed by atoms with Gasteiger partial charge in [-0.05, 0) is 50.3 Å². The normalized spacial score (nSPS) is 14.3. The van der Waals surface area contributed by atoms with E-state index in [1.54, 1.807) is 7.11 Å². The number of aliphatic imine (C=N–C) groups is 1. The fraction of sp³-hybridized carbons (Fsp3) is 0.562. The van der Waals surface area contributed by atoms with Gasteiger partial charge in [0.05, 0.1) is 7.11 Å². The number of ether oxygens (including phenoxy) is 1. The molecule has 118 valence electrons. The second kappa shape index (κ2) is 9.87. The summed E-state index contributed by atoms with van der Waals surface area (Å²) in [6.45, 7) is 3.87. The Bertz CT molecular complexity index is 430. The van der Waals surface area contributed by atoms with Crippen molar-refractivity contribution in [2.75, 3.05) is 20.2 Å². The fourth-order valence-electron chi connectivity index (χ4n) is 2.01. The molecule has 0 aromatic heterocycles. The van der Waals surface area contributed by atoms with Crippen LogP contribution in [0.5, 0.6) is 5.75 Å². The van der Waals surface area contributed by atoms with Gasteiger partial charge in [0, 0.05) is 19.1 Å². The first-order chi connectivity index (χ1) is 9.81. The van der Waals surface area contributed by atoms with Crippen LogP contribution >= 0.6 is 24.0 Å². The quantitative estimate of drug-likeness (QED) is 0.319. The molecule has 1 aliphatic rings. The van der Waals surface area contributed by atoms with Gasteiger partial charge in [-0.15, -0.1) is 24.0 Å². The summed E-state index contributed by atoms with van der Waals surface area (Å²) >= 11 is 0.